The van der Waals surface area contributed by atoms with Gasteiger partial charge in [-0.3, -0.25) is 0 Å². The van der Waals surface area contributed by atoms with Crippen molar-refractivity contribution in [3.05, 3.63) is 68.8 Å². The molecule has 0 aliphatic carbocycles. The van der Waals surface area contributed by atoms with Crippen LogP contribution in [-0.4, -0.2) is 0 Å². The zero-order valence-electron chi connectivity index (χ0n) is 14.1. The second kappa shape index (κ2) is 6.70. The first-order valence-electron chi connectivity index (χ1n) is 7.59. The van der Waals surface area contributed by atoms with Gasteiger partial charge in [0.2, 0.25) is 0 Å². The highest BCUT2D eigenvalue weighted by atomic mass is 32.2. The standard InChI is InChI=1S/C20H26S/c1-13-7-15(3)17(5)19(9-13)11-21-12-20-10-14(2)8-16(4)18(20)6/h7-10H,11-12H2,1-6H3. The molecule has 1 heteroatoms. The van der Waals surface area contributed by atoms with Gasteiger partial charge in [-0.25, -0.2) is 0 Å². The summed E-state index contributed by atoms with van der Waals surface area (Å²) < 4.78 is 0. The van der Waals surface area contributed by atoms with Crippen molar-refractivity contribution in [1.29, 1.82) is 0 Å². The number of aryl methyl sites for hydroxylation is 4. The molecular weight excluding hydrogens is 272 g/mol. The zero-order valence-corrected chi connectivity index (χ0v) is 14.9. The van der Waals surface area contributed by atoms with Crippen molar-refractivity contribution in [2.24, 2.45) is 0 Å². The highest BCUT2D eigenvalue weighted by Crippen LogP contribution is 2.26. The maximum Gasteiger partial charge on any atom is 0.0190 e. The fraction of sp³-hybridized carbons (Fsp3) is 0.400. The molecule has 2 rings (SSSR count). The molecule has 0 spiro atoms. The Morgan fingerprint density at radius 3 is 1.38 bits per heavy atom. The maximum absolute atomic E-state index is 2.34. The van der Waals surface area contributed by atoms with Gasteiger partial charge in [-0.15, -0.1) is 0 Å². The van der Waals surface area contributed by atoms with Crippen LogP contribution in [0.5, 0.6) is 0 Å². The van der Waals surface area contributed by atoms with E-state index in [1.165, 1.54) is 44.5 Å². The summed E-state index contributed by atoms with van der Waals surface area (Å²) in [4.78, 5) is 0. The number of hydrogen-bond acceptors (Lipinski definition) is 1. The molecule has 0 aromatic heterocycles. The van der Waals surface area contributed by atoms with Gasteiger partial charge < -0.3 is 0 Å². The first kappa shape index (κ1) is 16.2. The SMILES string of the molecule is Cc1cc(C)c(C)c(CSCc2cc(C)cc(C)c2C)c1. The van der Waals surface area contributed by atoms with Crippen LogP contribution in [0, 0.1) is 41.5 Å². The summed E-state index contributed by atoms with van der Waals surface area (Å²) in [5, 5.41) is 0. The minimum atomic E-state index is 1.10. The summed E-state index contributed by atoms with van der Waals surface area (Å²) >= 11 is 2.02. The van der Waals surface area contributed by atoms with E-state index in [-0.39, 0.29) is 0 Å². The van der Waals surface area contributed by atoms with E-state index < -0.39 is 0 Å². The van der Waals surface area contributed by atoms with Crippen LogP contribution in [0.2, 0.25) is 0 Å². The Morgan fingerprint density at radius 2 is 1.00 bits per heavy atom. The van der Waals surface area contributed by atoms with E-state index in [2.05, 4.69) is 65.8 Å². The topological polar surface area (TPSA) is 0 Å². The zero-order chi connectivity index (χ0) is 15.6. The van der Waals surface area contributed by atoms with Gasteiger partial charge in [0, 0.05) is 11.5 Å². The molecule has 2 aromatic rings. The van der Waals surface area contributed by atoms with Crippen molar-refractivity contribution < 1.29 is 0 Å². The van der Waals surface area contributed by atoms with E-state index in [1.807, 2.05) is 11.8 Å². The Morgan fingerprint density at radius 1 is 0.619 bits per heavy atom. The average Bonchev–Trinajstić information content (AvgIpc) is 2.40. The van der Waals surface area contributed by atoms with Gasteiger partial charge in [-0.2, -0.15) is 11.8 Å². The molecule has 0 fully saturated rings. The fourth-order valence-corrected chi connectivity index (χ4v) is 3.97. The van der Waals surface area contributed by atoms with E-state index in [4.69, 9.17) is 0 Å². The third kappa shape index (κ3) is 3.91. The third-order valence-electron chi connectivity index (χ3n) is 4.35. The summed E-state index contributed by atoms with van der Waals surface area (Å²) in [7, 11) is 0. The van der Waals surface area contributed by atoms with Crippen LogP contribution >= 0.6 is 11.8 Å². The number of thioether (sulfide) groups is 1. The largest absolute Gasteiger partial charge is 0.152 e. The second-order valence-corrected chi connectivity index (χ2v) is 7.21. The lowest BCUT2D eigenvalue weighted by Gasteiger charge is -2.13. The van der Waals surface area contributed by atoms with E-state index >= 15 is 0 Å². The summed E-state index contributed by atoms with van der Waals surface area (Å²) in [6.45, 7) is 13.3. The maximum atomic E-state index is 2.34. The minimum Gasteiger partial charge on any atom is -0.152 e. The first-order valence-corrected chi connectivity index (χ1v) is 8.75. The Kier molecular flexibility index (Phi) is 5.16. The van der Waals surface area contributed by atoms with Crippen LogP contribution < -0.4 is 0 Å². The molecule has 0 saturated carbocycles. The molecule has 0 aliphatic heterocycles. The molecule has 0 atom stereocenters. The summed E-state index contributed by atoms with van der Waals surface area (Å²) in [6, 6.07) is 9.22. The molecule has 0 heterocycles. The lowest BCUT2D eigenvalue weighted by molar-refractivity contribution is 1.20. The average molecular weight is 298 g/mol. The first-order chi connectivity index (χ1) is 9.88. The lowest BCUT2D eigenvalue weighted by atomic mass is 10.0. The smallest absolute Gasteiger partial charge is 0.0190 e. The highest BCUT2D eigenvalue weighted by Gasteiger charge is 2.06. The van der Waals surface area contributed by atoms with E-state index in [1.54, 1.807) is 0 Å². The van der Waals surface area contributed by atoms with Gasteiger partial charge in [-0.1, -0.05) is 35.4 Å². The fourth-order valence-electron chi connectivity index (χ4n) is 2.83. The minimum absolute atomic E-state index is 1.10. The second-order valence-electron chi connectivity index (χ2n) is 6.22. The van der Waals surface area contributed by atoms with Crippen LogP contribution in [0.3, 0.4) is 0 Å². The van der Waals surface area contributed by atoms with Crippen molar-refractivity contribution in [3.63, 3.8) is 0 Å². The van der Waals surface area contributed by atoms with Gasteiger partial charge in [0.15, 0.2) is 0 Å². The number of rotatable bonds is 4. The van der Waals surface area contributed by atoms with E-state index in [0.717, 1.165) is 11.5 Å². The van der Waals surface area contributed by atoms with Gasteiger partial charge in [-0.05, 0) is 74.9 Å². The summed E-state index contributed by atoms with van der Waals surface area (Å²) in [6.07, 6.45) is 0. The molecule has 0 radical (unpaired) electrons. The van der Waals surface area contributed by atoms with Crippen molar-refractivity contribution in [2.75, 3.05) is 0 Å². The highest BCUT2D eigenvalue weighted by molar-refractivity contribution is 7.97. The molecule has 0 aliphatic rings. The Balaban J connectivity index is 2.09. The van der Waals surface area contributed by atoms with Crippen molar-refractivity contribution in [1.82, 2.24) is 0 Å². The lowest BCUT2D eigenvalue weighted by Crippen LogP contribution is -1.95. The van der Waals surface area contributed by atoms with Gasteiger partial charge in [0.05, 0.1) is 0 Å². The molecule has 2 aromatic carbocycles. The molecule has 0 N–H and O–H groups in total. The molecule has 0 saturated heterocycles. The Hall–Kier alpha value is -1.21. The predicted octanol–water partition coefficient (Wildman–Crippen LogP) is 5.97. The normalized spacial score (nSPS) is 11.0. The third-order valence-corrected chi connectivity index (χ3v) is 5.38. The Labute approximate surface area is 134 Å². The molecule has 0 nitrogen and oxygen atoms in total. The predicted molar refractivity (Wildman–Crippen MR) is 96.3 cm³/mol. The van der Waals surface area contributed by atoms with E-state index in [0.29, 0.717) is 0 Å². The monoisotopic (exact) mass is 298 g/mol. The van der Waals surface area contributed by atoms with Gasteiger partial charge in [0.25, 0.3) is 0 Å². The van der Waals surface area contributed by atoms with Crippen LogP contribution in [0.1, 0.15) is 44.5 Å². The van der Waals surface area contributed by atoms with Crippen molar-refractivity contribution in [2.45, 2.75) is 53.0 Å². The molecule has 112 valence electrons. The number of hydrogen-bond donors (Lipinski definition) is 0. The summed E-state index contributed by atoms with van der Waals surface area (Å²) in [5.41, 5.74) is 11.4. The van der Waals surface area contributed by atoms with Gasteiger partial charge in [0.1, 0.15) is 0 Å². The Bertz CT molecular complexity index is 596. The van der Waals surface area contributed by atoms with Gasteiger partial charge >= 0.3 is 0 Å². The number of benzene rings is 2. The molecular formula is C20H26S. The van der Waals surface area contributed by atoms with Crippen LogP contribution in [0.4, 0.5) is 0 Å². The molecule has 0 amide bonds. The molecule has 0 bridgehead atoms. The van der Waals surface area contributed by atoms with E-state index in [9.17, 15) is 0 Å². The molecule has 21 heavy (non-hydrogen) atoms. The quantitative estimate of drug-likeness (QED) is 0.670. The van der Waals surface area contributed by atoms with Crippen molar-refractivity contribution in [3.8, 4) is 0 Å². The van der Waals surface area contributed by atoms with Crippen LogP contribution in [0.25, 0.3) is 0 Å². The van der Waals surface area contributed by atoms with Crippen molar-refractivity contribution >= 4 is 11.8 Å². The summed E-state index contributed by atoms with van der Waals surface area (Å²) in [5.74, 6) is 2.20. The van der Waals surface area contributed by atoms with Crippen LogP contribution in [-0.2, 0) is 11.5 Å². The molecule has 0 unspecified atom stereocenters. The van der Waals surface area contributed by atoms with Crippen LogP contribution in [0.15, 0.2) is 24.3 Å².